The molecule has 21 heavy (non-hydrogen) atoms. The molecule has 0 spiro atoms. The van der Waals surface area contributed by atoms with E-state index in [1.54, 1.807) is 4.90 Å². The molecule has 0 bridgehead atoms. The Morgan fingerprint density at radius 3 is 2.67 bits per heavy atom. The number of benzene rings is 1. The third-order valence-corrected chi connectivity index (χ3v) is 3.59. The Hall–Kier alpha value is -2.62. The highest BCUT2D eigenvalue weighted by Crippen LogP contribution is 2.28. The van der Waals surface area contributed by atoms with E-state index in [1.165, 1.54) is 25.3 Å². The van der Waals surface area contributed by atoms with Crippen LogP contribution >= 0.6 is 0 Å². The van der Waals surface area contributed by atoms with E-state index in [9.17, 15) is 14.9 Å². The summed E-state index contributed by atoms with van der Waals surface area (Å²) in [5, 5.41) is 19.7. The normalized spacial score (nSPS) is 15.3. The zero-order valence-corrected chi connectivity index (χ0v) is 11.6. The smallest absolute Gasteiger partial charge is 0.310 e. The van der Waals surface area contributed by atoms with Crippen LogP contribution in [0.4, 0.5) is 5.69 Å². The lowest BCUT2D eigenvalue weighted by molar-refractivity contribution is -0.385. The number of nitrogens with zero attached hydrogens (tertiary/aromatic N) is 3. The Bertz CT molecular complexity index is 601. The zero-order valence-electron chi connectivity index (χ0n) is 11.6. The van der Waals surface area contributed by atoms with Gasteiger partial charge in [0.2, 0.25) is 0 Å². The van der Waals surface area contributed by atoms with Gasteiger partial charge in [-0.3, -0.25) is 14.9 Å². The molecule has 1 fully saturated rings. The number of hydrogen-bond donors (Lipinski definition) is 0. The van der Waals surface area contributed by atoms with Crippen LogP contribution < -0.4 is 4.74 Å². The average molecular weight is 289 g/mol. The molecule has 0 aliphatic carbocycles. The van der Waals surface area contributed by atoms with Gasteiger partial charge in [0, 0.05) is 36.7 Å². The number of carbonyl (C=O) groups excluding carboxylic acids is 1. The van der Waals surface area contributed by atoms with E-state index in [-0.39, 0.29) is 23.3 Å². The van der Waals surface area contributed by atoms with Gasteiger partial charge in [-0.2, -0.15) is 5.26 Å². The van der Waals surface area contributed by atoms with Crippen LogP contribution in [0.1, 0.15) is 23.2 Å². The fourth-order valence-corrected chi connectivity index (χ4v) is 2.36. The molecular weight excluding hydrogens is 274 g/mol. The summed E-state index contributed by atoms with van der Waals surface area (Å²) in [6, 6.07) is 6.30. The predicted molar refractivity (Wildman–Crippen MR) is 73.9 cm³/mol. The number of likely N-dealkylation sites (tertiary alicyclic amines) is 1. The minimum absolute atomic E-state index is 0.000414. The van der Waals surface area contributed by atoms with Crippen molar-refractivity contribution in [1.29, 1.82) is 5.26 Å². The van der Waals surface area contributed by atoms with Crippen molar-refractivity contribution in [3.05, 3.63) is 33.9 Å². The van der Waals surface area contributed by atoms with Crippen LogP contribution in [-0.4, -0.2) is 35.9 Å². The lowest BCUT2D eigenvalue weighted by atomic mass is 9.98. The first-order valence-corrected chi connectivity index (χ1v) is 6.58. The number of amides is 1. The number of nitriles is 1. The Labute approximate surface area is 121 Å². The maximum Gasteiger partial charge on any atom is 0.310 e. The van der Waals surface area contributed by atoms with Crippen molar-refractivity contribution in [2.75, 3.05) is 20.2 Å². The molecule has 0 aromatic heterocycles. The summed E-state index contributed by atoms with van der Waals surface area (Å²) < 4.78 is 4.96. The number of nitro groups is 1. The molecule has 0 N–H and O–H groups in total. The van der Waals surface area contributed by atoms with Crippen LogP contribution in [0.25, 0.3) is 0 Å². The van der Waals surface area contributed by atoms with Crippen molar-refractivity contribution in [2.45, 2.75) is 12.8 Å². The summed E-state index contributed by atoms with van der Waals surface area (Å²) in [5.41, 5.74) is 0.185. The van der Waals surface area contributed by atoms with Gasteiger partial charge in [0.05, 0.1) is 18.1 Å². The number of carbonyl (C=O) groups is 1. The van der Waals surface area contributed by atoms with E-state index < -0.39 is 4.92 Å². The molecule has 0 atom stereocenters. The largest absolute Gasteiger partial charge is 0.490 e. The lowest BCUT2D eigenvalue weighted by Crippen LogP contribution is -2.38. The van der Waals surface area contributed by atoms with Crippen LogP contribution in [0.2, 0.25) is 0 Å². The summed E-state index contributed by atoms with van der Waals surface area (Å²) in [7, 11) is 1.33. The highest BCUT2D eigenvalue weighted by atomic mass is 16.6. The third kappa shape index (κ3) is 3.11. The molecule has 110 valence electrons. The molecule has 1 saturated heterocycles. The van der Waals surface area contributed by atoms with Crippen LogP contribution in [0.15, 0.2) is 18.2 Å². The molecular formula is C14H15N3O4. The zero-order chi connectivity index (χ0) is 15.4. The van der Waals surface area contributed by atoms with Crippen molar-refractivity contribution in [1.82, 2.24) is 4.90 Å². The van der Waals surface area contributed by atoms with Crippen molar-refractivity contribution < 1.29 is 14.5 Å². The van der Waals surface area contributed by atoms with E-state index in [0.29, 0.717) is 31.5 Å². The summed E-state index contributed by atoms with van der Waals surface area (Å²) in [6.45, 7) is 1.05. The maximum absolute atomic E-state index is 12.4. The number of methoxy groups -OCH3 is 1. The third-order valence-electron chi connectivity index (χ3n) is 3.59. The van der Waals surface area contributed by atoms with Gasteiger partial charge in [-0.1, -0.05) is 0 Å². The molecule has 1 aliphatic heterocycles. The number of hydrogen-bond acceptors (Lipinski definition) is 5. The van der Waals surface area contributed by atoms with E-state index >= 15 is 0 Å². The lowest BCUT2D eigenvalue weighted by Gasteiger charge is -2.29. The fraction of sp³-hybridized carbons (Fsp3) is 0.429. The number of ether oxygens (including phenoxy) is 1. The van der Waals surface area contributed by atoms with Gasteiger partial charge in [0.15, 0.2) is 5.75 Å². The van der Waals surface area contributed by atoms with E-state index in [1.807, 2.05) is 0 Å². The standard InChI is InChI=1S/C14H15N3O4/c1-21-13-8-11(2-3-12(13)17(19)20)14(18)16-6-4-10(9-15)5-7-16/h2-3,8,10H,4-7H2,1H3. The van der Waals surface area contributed by atoms with Crippen molar-refractivity contribution in [3.8, 4) is 11.8 Å². The van der Waals surface area contributed by atoms with E-state index in [0.717, 1.165) is 0 Å². The minimum atomic E-state index is -0.550. The molecule has 7 nitrogen and oxygen atoms in total. The number of piperidine rings is 1. The Morgan fingerprint density at radius 2 is 2.14 bits per heavy atom. The monoisotopic (exact) mass is 289 g/mol. The highest BCUT2D eigenvalue weighted by molar-refractivity contribution is 5.95. The molecule has 0 saturated carbocycles. The van der Waals surface area contributed by atoms with Gasteiger partial charge in [-0.05, 0) is 18.9 Å². The molecule has 7 heteroatoms. The second-order valence-corrected chi connectivity index (χ2v) is 4.84. The van der Waals surface area contributed by atoms with Crippen LogP contribution in [0.3, 0.4) is 0 Å². The van der Waals surface area contributed by atoms with Crippen LogP contribution in [-0.2, 0) is 0 Å². The van der Waals surface area contributed by atoms with Crippen LogP contribution in [0.5, 0.6) is 5.75 Å². The summed E-state index contributed by atoms with van der Waals surface area (Å²) >= 11 is 0. The summed E-state index contributed by atoms with van der Waals surface area (Å²) in [5.74, 6) is -0.127. The molecule has 0 radical (unpaired) electrons. The van der Waals surface area contributed by atoms with Gasteiger partial charge in [0.25, 0.3) is 5.91 Å². The predicted octanol–water partition coefficient (Wildman–Crippen LogP) is 1.98. The van der Waals surface area contributed by atoms with Crippen molar-refractivity contribution in [2.24, 2.45) is 5.92 Å². The average Bonchev–Trinajstić information content (AvgIpc) is 2.53. The Morgan fingerprint density at radius 1 is 1.48 bits per heavy atom. The van der Waals surface area contributed by atoms with Gasteiger partial charge < -0.3 is 9.64 Å². The van der Waals surface area contributed by atoms with Gasteiger partial charge >= 0.3 is 5.69 Å². The highest BCUT2D eigenvalue weighted by Gasteiger charge is 2.25. The fourth-order valence-electron chi connectivity index (χ4n) is 2.36. The van der Waals surface area contributed by atoms with Gasteiger partial charge in [-0.25, -0.2) is 0 Å². The summed E-state index contributed by atoms with van der Waals surface area (Å²) in [4.78, 5) is 24.3. The molecule has 2 rings (SSSR count). The van der Waals surface area contributed by atoms with Gasteiger partial charge in [-0.15, -0.1) is 0 Å². The minimum Gasteiger partial charge on any atom is -0.490 e. The molecule has 0 unspecified atom stereocenters. The van der Waals surface area contributed by atoms with Crippen molar-refractivity contribution >= 4 is 11.6 Å². The molecule has 1 aromatic rings. The second-order valence-electron chi connectivity index (χ2n) is 4.84. The first-order valence-electron chi connectivity index (χ1n) is 6.58. The SMILES string of the molecule is COc1cc(C(=O)N2CCC(C#N)CC2)ccc1[N+](=O)[O-]. The van der Waals surface area contributed by atoms with Gasteiger partial charge in [0.1, 0.15) is 0 Å². The topological polar surface area (TPSA) is 96.5 Å². The number of rotatable bonds is 3. The first kappa shape index (κ1) is 14.8. The second kappa shape index (κ2) is 6.22. The van der Waals surface area contributed by atoms with E-state index in [4.69, 9.17) is 10.00 Å². The quantitative estimate of drug-likeness (QED) is 0.626. The number of nitro benzene ring substituents is 1. The van der Waals surface area contributed by atoms with Crippen molar-refractivity contribution in [3.63, 3.8) is 0 Å². The Kier molecular flexibility index (Phi) is 4.38. The van der Waals surface area contributed by atoms with Crippen LogP contribution in [0, 0.1) is 27.4 Å². The molecule has 1 aliphatic rings. The van der Waals surface area contributed by atoms with E-state index in [2.05, 4.69) is 6.07 Å². The maximum atomic E-state index is 12.4. The molecule has 1 amide bonds. The first-order chi connectivity index (χ1) is 10.1. The summed E-state index contributed by atoms with van der Waals surface area (Å²) in [6.07, 6.45) is 1.32. The molecule has 1 aromatic carbocycles. The molecule has 1 heterocycles. The Balaban J connectivity index is 2.17.